The fourth-order valence-corrected chi connectivity index (χ4v) is 2.82. The Labute approximate surface area is 112 Å². The zero-order chi connectivity index (χ0) is 12.3. The number of nitrogens with zero attached hydrogens (tertiary/aromatic N) is 1. The van der Waals surface area contributed by atoms with Crippen LogP contribution in [-0.4, -0.2) is 35.5 Å². The number of ether oxygens (including phenoxy) is 1. The Morgan fingerprint density at radius 2 is 1.76 bits per heavy atom. The van der Waals surface area contributed by atoms with Crippen molar-refractivity contribution < 1.29 is 4.74 Å². The van der Waals surface area contributed by atoms with Gasteiger partial charge in [0.15, 0.2) is 0 Å². The van der Waals surface area contributed by atoms with Gasteiger partial charge in [0.05, 0.1) is 19.3 Å². The third-order valence-corrected chi connectivity index (χ3v) is 3.42. The second kappa shape index (κ2) is 5.57. The molecule has 0 amide bonds. The average molecular weight is 274 g/mol. The van der Waals surface area contributed by atoms with Crippen molar-refractivity contribution in [2.24, 2.45) is 0 Å². The van der Waals surface area contributed by atoms with Gasteiger partial charge in [-0.25, -0.2) is 0 Å². The summed E-state index contributed by atoms with van der Waals surface area (Å²) in [6.45, 7) is 5.08. The highest BCUT2D eigenvalue weighted by atomic mass is 35.5. The molecule has 0 saturated carbocycles. The van der Waals surface area contributed by atoms with Crippen molar-refractivity contribution in [2.75, 3.05) is 26.3 Å². The minimum atomic E-state index is -0.807. The first kappa shape index (κ1) is 13.2. The van der Waals surface area contributed by atoms with Crippen LogP contribution >= 0.6 is 23.2 Å². The maximum absolute atomic E-state index is 6.35. The van der Waals surface area contributed by atoms with Crippen LogP contribution in [0.3, 0.4) is 0 Å². The molecule has 1 heterocycles. The molecule has 4 heteroatoms. The molecule has 17 heavy (non-hydrogen) atoms. The second-order valence-corrected chi connectivity index (χ2v) is 6.18. The van der Waals surface area contributed by atoms with Gasteiger partial charge in [-0.3, -0.25) is 4.90 Å². The average Bonchev–Trinajstić information content (AvgIpc) is 2.30. The predicted molar refractivity (Wildman–Crippen MR) is 71.7 cm³/mol. The molecule has 1 fully saturated rings. The zero-order valence-electron chi connectivity index (χ0n) is 9.90. The summed E-state index contributed by atoms with van der Waals surface area (Å²) in [5.41, 5.74) is 1.15. The van der Waals surface area contributed by atoms with Gasteiger partial charge in [-0.1, -0.05) is 53.5 Å². The number of morpholine rings is 1. The van der Waals surface area contributed by atoms with Crippen molar-refractivity contribution >= 4 is 23.2 Å². The molecule has 1 aliphatic heterocycles. The van der Waals surface area contributed by atoms with Crippen molar-refractivity contribution in [2.45, 2.75) is 17.3 Å². The fourth-order valence-electron chi connectivity index (χ4n) is 2.30. The lowest BCUT2D eigenvalue weighted by Gasteiger charge is -2.39. The molecule has 1 aliphatic rings. The summed E-state index contributed by atoms with van der Waals surface area (Å²) >= 11 is 12.7. The first-order valence-corrected chi connectivity index (χ1v) is 6.59. The number of hydrogen-bond donors (Lipinski definition) is 0. The number of halogens is 2. The van der Waals surface area contributed by atoms with E-state index >= 15 is 0 Å². The molecular weight excluding hydrogens is 257 g/mol. The molecule has 94 valence electrons. The third-order valence-electron chi connectivity index (χ3n) is 3.01. The summed E-state index contributed by atoms with van der Waals surface area (Å²) < 4.78 is 4.56. The molecule has 1 aromatic rings. The summed E-state index contributed by atoms with van der Waals surface area (Å²) in [6, 6.07) is 10.2. The second-order valence-electron chi connectivity index (χ2n) is 4.42. The largest absolute Gasteiger partial charge is 0.379 e. The lowest BCUT2D eigenvalue weighted by molar-refractivity contribution is 0.0135. The van der Waals surface area contributed by atoms with Gasteiger partial charge in [0.1, 0.15) is 4.33 Å². The van der Waals surface area contributed by atoms with Crippen LogP contribution in [0.5, 0.6) is 0 Å². The van der Waals surface area contributed by atoms with E-state index in [0.29, 0.717) is 0 Å². The Morgan fingerprint density at radius 1 is 1.18 bits per heavy atom. The van der Waals surface area contributed by atoms with Gasteiger partial charge in [0.2, 0.25) is 0 Å². The molecule has 0 radical (unpaired) electrons. The van der Waals surface area contributed by atoms with E-state index in [1.54, 1.807) is 0 Å². The Kier molecular flexibility index (Phi) is 4.31. The molecule has 2 rings (SSSR count). The monoisotopic (exact) mass is 273 g/mol. The Bertz CT molecular complexity index is 344. The van der Waals surface area contributed by atoms with Crippen LogP contribution in [0.4, 0.5) is 0 Å². The van der Waals surface area contributed by atoms with Crippen molar-refractivity contribution in [3.05, 3.63) is 35.9 Å². The normalized spacial score (nSPS) is 20.2. The van der Waals surface area contributed by atoms with E-state index in [1.165, 1.54) is 0 Å². The molecule has 1 unspecified atom stereocenters. The van der Waals surface area contributed by atoms with Crippen LogP contribution in [0.1, 0.15) is 18.5 Å². The van der Waals surface area contributed by atoms with E-state index in [0.717, 1.165) is 31.9 Å². The van der Waals surface area contributed by atoms with Crippen LogP contribution in [-0.2, 0) is 4.74 Å². The molecule has 0 N–H and O–H groups in total. The summed E-state index contributed by atoms with van der Waals surface area (Å²) in [7, 11) is 0. The van der Waals surface area contributed by atoms with Crippen LogP contribution in [0, 0.1) is 0 Å². The lowest BCUT2D eigenvalue weighted by Crippen LogP contribution is -2.44. The van der Waals surface area contributed by atoms with Gasteiger partial charge < -0.3 is 4.74 Å². The standard InChI is InChI=1S/C13H17Cl2NO/c1-13(14,15)12(11-5-3-2-4-6-11)16-7-9-17-10-8-16/h2-6,12H,7-10H2,1H3. The van der Waals surface area contributed by atoms with Crippen molar-refractivity contribution in [1.82, 2.24) is 4.90 Å². The first-order chi connectivity index (χ1) is 8.09. The van der Waals surface area contributed by atoms with Gasteiger partial charge in [-0.15, -0.1) is 0 Å². The Balaban J connectivity index is 2.25. The van der Waals surface area contributed by atoms with E-state index in [9.17, 15) is 0 Å². The molecule has 0 aliphatic carbocycles. The Morgan fingerprint density at radius 3 is 2.29 bits per heavy atom. The van der Waals surface area contributed by atoms with Crippen LogP contribution in [0.15, 0.2) is 30.3 Å². The van der Waals surface area contributed by atoms with E-state index in [2.05, 4.69) is 17.0 Å². The maximum atomic E-state index is 6.35. The van der Waals surface area contributed by atoms with Crippen molar-refractivity contribution in [3.63, 3.8) is 0 Å². The van der Waals surface area contributed by atoms with Gasteiger partial charge in [0.25, 0.3) is 0 Å². The molecule has 1 aromatic carbocycles. The van der Waals surface area contributed by atoms with Crippen molar-refractivity contribution in [1.29, 1.82) is 0 Å². The number of hydrogen-bond acceptors (Lipinski definition) is 2. The SMILES string of the molecule is CC(Cl)(Cl)C(c1ccccc1)N1CCOCC1. The minimum absolute atomic E-state index is 0.0101. The summed E-state index contributed by atoms with van der Waals surface area (Å²) in [6.07, 6.45) is 0. The third kappa shape index (κ3) is 3.35. The van der Waals surface area contributed by atoms with Gasteiger partial charge in [0, 0.05) is 13.1 Å². The van der Waals surface area contributed by atoms with E-state index in [1.807, 2.05) is 25.1 Å². The van der Waals surface area contributed by atoms with Gasteiger partial charge >= 0.3 is 0 Å². The quantitative estimate of drug-likeness (QED) is 0.784. The van der Waals surface area contributed by atoms with Crippen LogP contribution in [0.25, 0.3) is 0 Å². The predicted octanol–water partition coefficient (Wildman–Crippen LogP) is 3.25. The maximum Gasteiger partial charge on any atom is 0.135 e. The lowest BCUT2D eigenvalue weighted by atomic mass is 10.0. The summed E-state index contributed by atoms with van der Waals surface area (Å²) in [4.78, 5) is 2.29. The molecular formula is C13H17Cl2NO. The van der Waals surface area contributed by atoms with Gasteiger partial charge in [-0.05, 0) is 12.5 Å². The molecule has 0 aromatic heterocycles. The minimum Gasteiger partial charge on any atom is -0.379 e. The summed E-state index contributed by atoms with van der Waals surface area (Å²) in [5, 5.41) is 0. The zero-order valence-corrected chi connectivity index (χ0v) is 11.4. The van der Waals surface area contributed by atoms with Crippen LogP contribution in [0.2, 0.25) is 0 Å². The molecule has 0 spiro atoms. The first-order valence-electron chi connectivity index (χ1n) is 5.83. The molecule has 1 atom stereocenters. The Hall–Kier alpha value is -0.280. The number of rotatable bonds is 3. The number of alkyl halides is 2. The number of benzene rings is 1. The highest BCUT2D eigenvalue weighted by Crippen LogP contribution is 2.40. The van der Waals surface area contributed by atoms with E-state index < -0.39 is 4.33 Å². The highest BCUT2D eigenvalue weighted by molar-refractivity contribution is 6.48. The molecule has 0 bridgehead atoms. The van der Waals surface area contributed by atoms with Crippen LogP contribution < -0.4 is 0 Å². The van der Waals surface area contributed by atoms with E-state index in [4.69, 9.17) is 27.9 Å². The topological polar surface area (TPSA) is 12.5 Å². The highest BCUT2D eigenvalue weighted by Gasteiger charge is 2.36. The van der Waals surface area contributed by atoms with E-state index in [-0.39, 0.29) is 6.04 Å². The fraction of sp³-hybridized carbons (Fsp3) is 0.538. The molecule has 2 nitrogen and oxygen atoms in total. The molecule has 1 saturated heterocycles. The van der Waals surface area contributed by atoms with Crippen molar-refractivity contribution in [3.8, 4) is 0 Å². The summed E-state index contributed by atoms with van der Waals surface area (Å²) in [5.74, 6) is 0. The van der Waals surface area contributed by atoms with Gasteiger partial charge in [-0.2, -0.15) is 0 Å². The smallest absolute Gasteiger partial charge is 0.135 e.